The molecule has 3 aromatic rings. The second-order valence-electron chi connectivity index (χ2n) is 5.34. The molecule has 0 saturated heterocycles. The van der Waals surface area contributed by atoms with Gasteiger partial charge in [-0.1, -0.05) is 12.1 Å². The minimum absolute atomic E-state index is 0.455. The van der Waals surface area contributed by atoms with Gasteiger partial charge in [0, 0.05) is 23.0 Å². The zero-order chi connectivity index (χ0) is 17.8. The average molecular weight is 351 g/mol. The normalized spacial score (nSPS) is 10.3. The molecule has 1 heterocycles. The van der Waals surface area contributed by atoms with Gasteiger partial charge in [0.25, 0.3) is 0 Å². The fraction of sp³-hybridized carbons (Fsp3) is 0.158. The Balaban J connectivity index is 2.20. The number of nitrogens with one attached hydrogen (secondary N) is 1. The van der Waals surface area contributed by atoms with Crippen molar-refractivity contribution in [2.75, 3.05) is 19.5 Å². The predicted octanol–water partition coefficient (Wildman–Crippen LogP) is 4.30. The summed E-state index contributed by atoms with van der Waals surface area (Å²) in [7, 11) is 3.15. The lowest BCUT2D eigenvalue weighted by Crippen LogP contribution is -1.99. The molecule has 0 aliphatic carbocycles. The summed E-state index contributed by atoms with van der Waals surface area (Å²) < 4.78 is 10.8. The smallest absolute Gasteiger partial charge is 0.187 e. The first-order valence-electron chi connectivity index (χ1n) is 7.62. The minimum Gasteiger partial charge on any atom is -0.493 e. The van der Waals surface area contributed by atoms with E-state index in [4.69, 9.17) is 9.47 Å². The van der Waals surface area contributed by atoms with Gasteiger partial charge in [-0.3, -0.25) is 4.98 Å². The fourth-order valence-corrected chi connectivity index (χ4v) is 2.89. The molecule has 0 saturated carbocycles. The summed E-state index contributed by atoms with van der Waals surface area (Å²) >= 11 is 4.31. The lowest BCUT2D eigenvalue weighted by Gasteiger charge is -2.15. The van der Waals surface area contributed by atoms with Crippen LogP contribution in [0.2, 0.25) is 0 Å². The molecular formula is C19H17N3O2S. The van der Waals surface area contributed by atoms with Gasteiger partial charge in [0.15, 0.2) is 11.5 Å². The highest BCUT2D eigenvalue weighted by molar-refractivity contribution is 7.79. The van der Waals surface area contributed by atoms with Gasteiger partial charge in [0.1, 0.15) is 11.6 Å². The van der Waals surface area contributed by atoms with Crippen LogP contribution < -0.4 is 14.8 Å². The minimum atomic E-state index is 0.455. The topological polar surface area (TPSA) is 67.2 Å². The summed E-state index contributed by atoms with van der Waals surface area (Å²) in [5.74, 6) is 1.77. The average Bonchev–Trinajstić information content (AvgIpc) is 2.67. The van der Waals surface area contributed by atoms with Crippen molar-refractivity contribution >= 4 is 34.9 Å². The van der Waals surface area contributed by atoms with E-state index in [1.807, 2.05) is 30.3 Å². The van der Waals surface area contributed by atoms with Crippen LogP contribution in [0, 0.1) is 11.3 Å². The van der Waals surface area contributed by atoms with Gasteiger partial charge < -0.3 is 14.8 Å². The Morgan fingerprint density at radius 3 is 2.72 bits per heavy atom. The molecule has 0 spiro atoms. The van der Waals surface area contributed by atoms with Crippen molar-refractivity contribution in [3.8, 4) is 17.6 Å². The Kier molecular flexibility index (Phi) is 4.96. The number of nitriles is 1. The van der Waals surface area contributed by atoms with E-state index in [2.05, 4.69) is 29.0 Å². The van der Waals surface area contributed by atoms with E-state index in [0.29, 0.717) is 34.0 Å². The van der Waals surface area contributed by atoms with E-state index < -0.39 is 0 Å². The van der Waals surface area contributed by atoms with E-state index in [1.165, 1.54) is 6.20 Å². The summed E-state index contributed by atoms with van der Waals surface area (Å²) in [4.78, 5) is 4.39. The molecule has 0 unspecified atom stereocenters. The molecule has 0 bridgehead atoms. The number of ether oxygens (including phenoxy) is 2. The molecule has 0 aliphatic rings. The number of thiol groups is 1. The molecule has 0 atom stereocenters. The molecular weight excluding hydrogens is 334 g/mol. The van der Waals surface area contributed by atoms with Crippen LogP contribution >= 0.6 is 12.6 Å². The molecule has 1 N–H and O–H groups in total. The maximum Gasteiger partial charge on any atom is 0.187 e. The first-order chi connectivity index (χ1) is 12.2. The number of hydrogen-bond donors (Lipinski definition) is 2. The highest BCUT2D eigenvalue weighted by Crippen LogP contribution is 2.38. The van der Waals surface area contributed by atoms with E-state index in [9.17, 15) is 5.26 Å². The van der Waals surface area contributed by atoms with Gasteiger partial charge in [0.2, 0.25) is 0 Å². The maximum absolute atomic E-state index is 9.49. The van der Waals surface area contributed by atoms with Crippen LogP contribution in [-0.2, 0) is 5.75 Å². The van der Waals surface area contributed by atoms with Crippen LogP contribution in [0.25, 0.3) is 10.9 Å². The summed E-state index contributed by atoms with van der Waals surface area (Å²) in [6.45, 7) is 0. The molecule has 0 radical (unpaired) electrons. The zero-order valence-electron chi connectivity index (χ0n) is 13.9. The van der Waals surface area contributed by atoms with Gasteiger partial charge in [-0.15, -0.1) is 0 Å². The van der Waals surface area contributed by atoms with Crippen molar-refractivity contribution in [2.45, 2.75) is 5.75 Å². The highest BCUT2D eigenvalue weighted by atomic mass is 32.1. The van der Waals surface area contributed by atoms with Crippen molar-refractivity contribution < 1.29 is 9.47 Å². The lowest BCUT2D eigenvalue weighted by atomic mass is 10.1. The molecule has 25 heavy (non-hydrogen) atoms. The number of benzene rings is 2. The molecule has 5 nitrogen and oxygen atoms in total. The number of aromatic nitrogens is 1. The molecule has 0 amide bonds. The fourth-order valence-electron chi connectivity index (χ4n) is 2.69. The second-order valence-corrected chi connectivity index (χ2v) is 5.66. The van der Waals surface area contributed by atoms with E-state index in [1.54, 1.807) is 20.3 Å². The van der Waals surface area contributed by atoms with E-state index in [-0.39, 0.29) is 0 Å². The van der Waals surface area contributed by atoms with Crippen molar-refractivity contribution in [3.05, 3.63) is 53.7 Å². The lowest BCUT2D eigenvalue weighted by molar-refractivity contribution is 0.358. The molecule has 6 heteroatoms. The molecule has 126 valence electrons. The zero-order valence-corrected chi connectivity index (χ0v) is 14.8. The number of fused-ring (bicyclic) bond motifs is 1. The molecule has 0 fully saturated rings. The number of anilines is 2. The van der Waals surface area contributed by atoms with Crippen LogP contribution in [0.5, 0.6) is 11.5 Å². The van der Waals surface area contributed by atoms with Crippen LogP contribution in [0.3, 0.4) is 0 Å². The number of pyridine rings is 1. The van der Waals surface area contributed by atoms with Crippen LogP contribution in [0.1, 0.15) is 11.1 Å². The molecule has 1 aromatic heterocycles. The van der Waals surface area contributed by atoms with Crippen molar-refractivity contribution in [1.29, 1.82) is 5.26 Å². The molecule has 0 aliphatic heterocycles. The van der Waals surface area contributed by atoms with Gasteiger partial charge in [-0.05, 0) is 29.8 Å². The van der Waals surface area contributed by atoms with Crippen molar-refractivity contribution in [2.24, 2.45) is 0 Å². The number of methoxy groups -OCH3 is 2. The first kappa shape index (κ1) is 16.9. The molecule has 3 rings (SSSR count). The van der Waals surface area contributed by atoms with Gasteiger partial charge in [-0.2, -0.15) is 17.9 Å². The summed E-state index contributed by atoms with van der Waals surface area (Å²) in [5.41, 5.74) is 3.74. The number of rotatable bonds is 5. The Bertz CT molecular complexity index is 967. The summed E-state index contributed by atoms with van der Waals surface area (Å²) in [6, 6.07) is 13.8. The van der Waals surface area contributed by atoms with Crippen molar-refractivity contribution in [3.63, 3.8) is 0 Å². The van der Waals surface area contributed by atoms with E-state index in [0.717, 1.165) is 16.6 Å². The summed E-state index contributed by atoms with van der Waals surface area (Å²) in [5, 5.41) is 13.6. The Hall–Kier alpha value is -2.91. The second kappa shape index (κ2) is 7.32. The Morgan fingerprint density at radius 2 is 2.04 bits per heavy atom. The Morgan fingerprint density at radius 1 is 1.20 bits per heavy atom. The molecule has 2 aromatic carbocycles. The third-order valence-corrected chi connectivity index (χ3v) is 4.25. The SMILES string of the molecule is COc1ccc2c(Nc3cccc(CS)c3)c(C#N)cnc2c1OC. The van der Waals surface area contributed by atoms with Crippen LogP contribution in [0.4, 0.5) is 11.4 Å². The van der Waals surface area contributed by atoms with Gasteiger partial charge in [-0.25, -0.2) is 0 Å². The largest absolute Gasteiger partial charge is 0.493 e. The van der Waals surface area contributed by atoms with Gasteiger partial charge in [0.05, 0.1) is 25.5 Å². The quantitative estimate of drug-likeness (QED) is 0.671. The Labute approximate surface area is 151 Å². The van der Waals surface area contributed by atoms with Crippen LogP contribution in [-0.4, -0.2) is 19.2 Å². The monoisotopic (exact) mass is 351 g/mol. The third kappa shape index (κ3) is 3.19. The predicted molar refractivity (Wildman–Crippen MR) is 102 cm³/mol. The number of hydrogen-bond acceptors (Lipinski definition) is 6. The third-order valence-electron chi connectivity index (χ3n) is 3.88. The highest BCUT2D eigenvalue weighted by Gasteiger charge is 2.16. The van der Waals surface area contributed by atoms with Crippen molar-refractivity contribution in [1.82, 2.24) is 4.98 Å². The van der Waals surface area contributed by atoms with Gasteiger partial charge >= 0.3 is 0 Å². The van der Waals surface area contributed by atoms with E-state index >= 15 is 0 Å². The maximum atomic E-state index is 9.49. The summed E-state index contributed by atoms with van der Waals surface area (Å²) in [6.07, 6.45) is 1.54. The standard InChI is InChI=1S/C19H17N3O2S/c1-23-16-7-6-15-17(22-14-5-3-4-12(8-14)11-25)13(9-20)10-21-18(15)19(16)24-2/h3-8,10,25H,11H2,1-2H3,(H,21,22). The first-order valence-corrected chi connectivity index (χ1v) is 8.25. The van der Waals surface area contributed by atoms with Crippen LogP contribution in [0.15, 0.2) is 42.6 Å². The number of nitrogens with zero attached hydrogens (tertiary/aromatic N) is 2.